The first kappa shape index (κ1) is 11.9. The third-order valence-corrected chi connectivity index (χ3v) is 2.26. The molecular formula is C10H15BO4. The summed E-state index contributed by atoms with van der Waals surface area (Å²) in [6.45, 7) is 5.64. The van der Waals surface area contributed by atoms with E-state index in [-0.39, 0.29) is 16.6 Å². The lowest BCUT2D eigenvalue weighted by Crippen LogP contribution is -2.37. The molecule has 0 saturated carbocycles. The van der Waals surface area contributed by atoms with E-state index in [1.54, 1.807) is 6.07 Å². The monoisotopic (exact) mass is 210 g/mol. The highest BCUT2D eigenvalue weighted by Crippen LogP contribution is 2.29. The molecule has 0 aliphatic rings. The molecule has 0 spiro atoms. The smallest absolute Gasteiger partial charge is 0.492 e. The van der Waals surface area contributed by atoms with Crippen molar-refractivity contribution in [3.8, 4) is 11.5 Å². The zero-order valence-corrected chi connectivity index (χ0v) is 9.02. The Morgan fingerprint density at radius 1 is 1.07 bits per heavy atom. The van der Waals surface area contributed by atoms with Crippen molar-refractivity contribution in [3.63, 3.8) is 0 Å². The number of benzene rings is 1. The van der Waals surface area contributed by atoms with E-state index < -0.39 is 12.9 Å². The highest BCUT2D eigenvalue weighted by molar-refractivity contribution is 6.60. The molecule has 82 valence electrons. The van der Waals surface area contributed by atoms with Crippen LogP contribution in [0.15, 0.2) is 12.1 Å². The molecule has 0 amide bonds. The minimum absolute atomic E-state index is 0.0394. The fraction of sp³-hybridized carbons (Fsp3) is 0.400. The van der Waals surface area contributed by atoms with Gasteiger partial charge in [-0.25, -0.2) is 0 Å². The lowest BCUT2D eigenvalue weighted by atomic mass is 9.69. The van der Waals surface area contributed by atoms with Crippen molar-refractivity contribution < 1.29 is 20.3 Å². The van der Waals surface area contributed by atoms with Crippen LogP contribution < -0.4 is 5.46 Å². The lowest BCUT2D eigenvalue weighted by Gasteiger charge is -2.23. The molecule has 0 atom stereocenters. The van der Waals surface area contributed by atoms with Crippen LogP contribution in [0.3, 0.4) is 0 Å². The van der Waals surface area contributed by atoms with Crippen LogP contribution in [0.1, 0.15) is 26.3 Å². The summed E-state index contributed by atoms with van der Waals surface area (Å²) in [5, 5.41) is 37.1. The molecule has 15 heavy (non-hydrogen) atoms. The van der Waals surface area contributed by atoms with Crippen molar-refractivity contribution >= 4 is 12.6 Å². The normalized spacial score (nSPS) is 11.5. The topological polar surface area (TPSA) is 80.9 Å². The first-order valence-electron chi connectivity index (χ1n) is 4.66. The first-order valence-corrected chi connectivity index (χ1v) is 4.66. The van der Waals surface area contributed by atoms with Gasteiger partial charge in [0.1, 0.15) is 0 Å². The fourth-order valence-electron chi connectivity index (χ4n) is 1.51. The van der Waals surface area contributed by atoms with Crippen LogP contribution in [0.2, 0.25) is 0 Å². The quantitative estimate of drug-likeness (QED) is 0.390. The number of aromatic hydroxyl groups is 2. The Morgan fingerprint density at radius 3 is 2.00 bits per heavy atom. The van der Waals surface area contributed by atoms with Crippen LogP contribution in [0.25, 0.3) is 0 Å². The minimum Gasteiger partial charge on any atom is -0.505 e. The van der Waals surface area contributed by atoms with Crippen molar-refractivity contribution in [2.75, 3.05) is 0 Å². The van der Waals surface area contributed by atoms with Crippen LogP contribution in [-0.4, -0.2) is 27.4 Å². The molecule has 1 aromatic carbocycles. The molecule has 0 bridgehead atoms. The van der Waals surface area contributed by atoms with E-state index in [4.69, 9.17) is 10.0 Å². The number of phenols is 2. The highest BCUT2D eigenvalue weighted by Gasteiger charge is 2.28. The van der Waals surface area contributed by atoms with Gasteiger partial charge in [-0.1, -0.05) is 26.8 Å². The number of hydrogen-bond donors (Lipinski definition) is 4. The maximum absolute atomic E-state index is 9.54. The van der Waals surface area contributed by atoms with Gasteiger partial charge in [0.05, 0.1) is 0 Å². The summed E-state index contributed by atoms with van der Waals surface area (Å²) in [6.07, 6.45) is 0. The van der Waals surface area contributed by atoms with Gasteiger partial charge in [-0.15, -0.1) is 0 Å². The van der Waals surface area contributed by atoms with E-state index in [0.717, 1.165) is 0 Å². The van der Waals surface area contributed by atoms with E-state index in [1.807, 2.05) is 20.8 Å². The fourth-order valence-corrected chi connectivity index (χ4v) is 1.51. The zero-order chi connectivity index (χ0) is 11.8. The van der Waals surface area contributed by atoms with E-state index in [9.17, 15) is 10.2 Å². The molecule has 4 N–H and O–H groups in total. The van der Waals surface area contributed by atoms with E-state index in [2.05, 4.69) is 0 Å². The number of hydrogen-bond acceptors (Lipinski definition) is 4. The predicted octanol–water partition coefficient (Wildman–Crippen LogP) is 0.0751. The average molecular weight is 210 g/mol. The molecule has 0 radical (unpaired) electrons. The SMILES string of the molecule is CC(C)(C)c1ccc(O)c(O)c1B(O)O. The van der Waals surface area contributed by atoms with E-state index in [1.165, 1.54) is 6.07 Å². The van der Waals surface area contributed by atoms with Crippen LogP contribution in [-0.2, 0) is 5.41 Å². The summed E-state index contributed by atoms with van der Waals surface area (Å²) in [4.78, 5) is 0. The number of rotatable bonds is 1. The summed E-state index contributed by atoms with van der Waals surface area (Å²) in [7, 11) is -1.80. The van der Waals surface area contributed by atoms with Crippen LogP contribution in [0.4, 0.5) is 0 Å². The summed E-state index contributed by atoms with van der Waals surface area (Å²) >= 11 is 0. The molecule has 0 saturated heterocycles. The Hall–Kier alpha value is -1.20. The molecule has 0 unspecified atom stereocenters. The number of phenolic OH excluding ortho intramolecular Hbond substituents is 2. The van der Waals surface area contributed by atoms with Crippen molar-refractivity contribution in [1.29, 1.82) is 0 Å². The van der Waals surface area contributed by atoms with E-state index in [0.29, 0.717) is 5.56 Å². The standard InChI is InChI=1S/C10H15BO4/c1-10(2,3)6-4-5-7(12)9(13)8(6)11(14)15/h4-5,12-15H,1-3H3. The zero-order valence-electron chi connectivity index (χ0n) is 9.02. The van der Waals surface area contributed by atoms with Gasteiger partial charge in [0.15, 0.2) is 11.5 Å². The van der Waals surface area contributed by atoms with Gasteiger partial charge in [-0.3, -0.25) is 0 Å². The molecular weight excluding hydrogens is 195 g/mol. The first-order chi connectivity index (χ1) is 6.75. The molecule has 0 fully saturated rings. The van der Waals surface area contributed by atoms with E-state index >= 15 is 0 Å². The molecule has 5 heteroatoms. The van der Waals surface area contributed by atoms with Crippen molar-refractivity contribution in [1.82, 2.24) is 0 Å². The van der Waals surface area contributed by atoms with Gasteiger partial charge in [0, 0.05) is 5.46 Å². The second-order valence-electron chi connectivity index (χ2n) is 4.52. The van der Waals surface area contributed by atoms with Crippen molar-refractivity contribution in [3.05, 3.63) is 17.7 Å². The van der Waals surface area contributed by atoms with Gasteiger partial charge in [0.25, 0.3) is 0 Å². The van der Waals surface area contributed by atoms with Gasteiger partial charge in [0.2, 0.25) is 0 Å². The Bertz CT molecular complexity index is 368. The Kier molecular flexibility index (Phi) is 2.97. The molecule has 4 nitrogen and oxygen atoms in total. The Morgan fingerprint density at radius 2 is 1.60 bits per heavy atom. The second-order valence-corrected chi connectivity index (χ2v) is 4.52. The van der Waals surface area contributed by atoms with Gasteiger partial charge >= 0.3 is 7.12 Å². The lowest BCUT2D eigenvalue weighted by molar-refractivity contribution is 0.393. The molecule has 1 aromatic rings. The summed E-state index contributed by atoms with van der Waals surface area (Å²) in [5.41, 5.74) is 0.208. The third kappa shape index (κ3) is 2.24. The predicted molar refractivity (Wildman–Crippen MR) is 58.3 cm³/mol. The maximum atomic E-state index is 9.54. The van der Waals surface area contributed by atoms with Crippen molar-refractivity contribution in [2.24, 2.45) is 0 Å². The maximum Gasteiger partial charge on any atom is 0.492 e. The van der Waals surface area contributed by atoms with Crippen LogP contribution in [0.5, 0.6) is 11.5 Å². The largest absolute Gasteiger partial charge is 0.505 e. The molecule has 1 rings (SSSR count). The molecule has 0 heterocycles. The molecule has 0 aliphatic carbocycles. The molecule has 0 aromatic heterocycles. The van der Waals surface area contributed by atoms with Crippen LogP contribution in [0, 0.1) is 0 Å². The summed E-state index contributed by atoms with van der Waals surface area (Å²) < 4.78 is 0. The molecule has 0 aliphatic heterocycles. The summed E-state index contributed by atoms with van der Waals surface area (Å²) in [5.74, 6) is -0.830. The van der Waals surface area contributed by atoms with Crippen molar-refractivity contribution in [2.45, 2.75) is 26.2 Å². The Balaban J connectivity index is 3.47. The van der Waals surface area contributed by atoms with Gasteiger partial charge < -0.3 is 20.3 Å². The summed E-state index contributed by atoms with van der Waals surface area (Å²) in [6, 6.07) is 2.91. The minimum atomic E-state index is -1.80. The van der Waals surface area contributed by atoms with Gasteiger partial charge in [-0.2, -0.15) is 0 Å². The average Bonchev–Trinajstić information content (AvgIpc) is 2.06. The van der Waals surface area contributed by atoms with Crippen LogP contribution >= 0.6 is 0 Å². The second kappa shape index (κ2) is 3.75. The third-order valence-electron chi connectivity index (χ3n) is 2.26. The Labute approximate surface area is 89.0 Å². The highest BCUT2D eigenvalue weighted by atomic mass is 16.4. The van der Waals surface area contributed by atoms with Gasteiger partial charge in [-0.05, 0) is 17.0 Å².